The van der Waals surface area contributed by atoms with E-state index in [1.165, 1.54) is 0 Å². The van der Waals surface area contributed by atoms with Crippen molar-refractivity contribution >= 4 is 23.2 Å². The topological polar surface area (TPSA) is 58.2 Å². The van der Waals surface area contributed by atoms with E-state index in [4.69, 9.17) is 0 Å². The van der Waals surface area contributed by atoms with Crippen LogP contribution in [0.25, 0.3) is 0 Å². The first-order valence-electron chi connectivity index (χ1n) is 8.38. The lowest BCUT2D eigenvalue weighted by Crippen LogP contribution is -2.15. The van der Waals surface area contributed by atoms with Gasteiger partial charge in [0.25, 0.3) is 11.8 Å². The number of carbonyl (C=O) groups is 2. The zero-order valence-electron chi connectivity index (χ0n) is 14.7. The number of hydrogen-bond donors (Lipinski definition) is 2. The number of benzene rings is 3. The summed E-state index contributed by atoms with van der Waals surface area (Å²) in [4.78, 5) is 24.9. The zero-order chi connectivity index (χ0) is 18.5. The van der Waals surface area contributed by atoms with E-state index in [2.05, 4.69) is 10.6 Å². The Morgan fingerprint density at radius 2 is 1.23 bits per heavy atom. The summed E-state index contributed by atoms with van der Waals surface area (Å²) >= 11 is 0. The molecule has 0 radical (unpaired) electrons. The van der Waals surface area contributed by atoms with Gasteiger partial charge in [0.2, 0.25) is 0 Å². The molecule has 2 N–H and O–H groups in total. The molecule has 4 nitrogen and oxygen atoms in total. The lowest BCUT2D eigenvalue weighted by molar-refractivity contribution is 0.101. The number of rotatable bonds is 4. The summed E-state index contributed by atoms with van der Waals surface area (Å²) in [6, 6.07) is 21.7. The van der Waals surface area contributed by atoms with Crippen LogP contribution in [0.15, 0.2) is 72.8 Å². The van der Waals surface area contributed by atoms with Gasteiger partial charge in [-0.1, -0.05) is 42.5 Å². The third-order valence-electron chi connectivity index (χ3n) is 4.14. The maximum Gasteiger partial charge on any atom is 0.255 e. The molecule has 0 aliphatic carbocycles. The molecule has 26 heavy (non-hydrogen) atoms. The lowest BCUT2D eigenvalue weighted by Gasteiger charge is -2.12. The Hall–Kier alpha value is -3.40. The number of para-hydroxylation sites is 1. The highest BCUT2D eigenvalue weighted by atomic mass is 16.2. The molecule has 0 heterocycles. The fraction of sp³-hybridized carbons (Fsp3) is 0.0909. The minimum Gasteiger partial charge on any atom is -0.322 e. The van der Waals surface area contributed by atoms with Crippen LogP contribution >= 0.6 is 0 Å². The molecule has 0 unspecified atom stereocenters. The van der Waals surface area contributed by atoms with Crippen LogP contribution in [-0.4, -0.2) is 11.8 Å². The standard InChI is InChI=1S/C22H20N2O2/c1-15-8-6-9-16(2)20(15)24-22(26)18-12-7-13-19(14-18)23-21(25)17-10-4-3-5-11-17/h3-14H,1-2H3,(H,23,25)(H,24,26). The Kier molecular flexibility index (Phi) is 5.13. The summed E-state index contributed by atoms with van der Waals surface area (Å²) in [5.41, 5.74) is 4.46. The van der Waals surface area contributed by atoms with E-state index < -0.39 is 0 Å². The first kappa shape index (κ1) is 17.4. The number of hydrogen-bond acceptors (Lipinski definition) is 2. The van der Waals surface area contributed by atoms with Gasteiger partial charge < -0.3 is 10.6 Å². The van der Waals surface area contributed by atoms with Gasteiger partial charge in [-0.25, -0.2) is 0 Å². The maximum absolute atomic E-state index is 12.6. The highest BCUT2D eigenvalue weighted by Crippen LogP contribution is 2.21. The summed E-state index contributed by atoms with van der Waals surface area (Å²) in [6.45, 7) is 3.91. The third-order valence-corrected chi connectivity index (χ3v) is 4.14. The molecule has 3 rings (SSSR count). The van der Waals surface area contributed by atoms with Gasteiger partial charge in [0, 0.05) is 22.5 Å². The highest BCUT2D eigenvalue weighted by molar-refractivity contribution is 6.07. The van der Waals surface area contributed by atoms with E-state index in [1.54, 1.807) is 36.4 Å². The Morgan fingerprint density at radius 1 is 0.654 bits per heavy atom. The fourth-order valence-corrected chi connectivity index (χ4v) is 2.73. The van der Waals surface area contributed by atoms with Crippen molar-refractivity contribution in [3.8, 4) is 0 Å². The average Bonchev–Trinajstić information content (AvgIpc) is 2.65. The number of aryl methyl sites for hydroxylation is 2. The summed E-state index contributed by atoms with van der Waals surface area (Å²) in [5, 5.41) is 5.78. The molecule has 0 aromatic heterocycles. The van der Waals surface area contributed by atoms with E-state index in [0.717, 1.165) is 16.8 Å². The highest BCUT2D eigenvalue weighted by Gasteiger charge is 2.11. The van der Waals surface area contributed by atoms with Crippen LogP contribution in [0.1, 0.15) is 31.8 Å². The second-order valence-electron chi connectivity index (χ2n) is 6.12. The summed E-state index contributed by atoms with van der Waals surface area (Å²) < 4.78 is 0. The van der Waals surface area contributed by atoms with E-state index in [1.807, 2.05) is 50.2 Å². The van der Waals surface area contributed by atoms with Gasteiger partial charge >= 0.3 is 0 Å². The smallest absolute Gasteiger partial charge is 0.255 e. The zero-order valence-corrected chi connectivity index (χ0v) is 14.7. The normalized spacial score (nSPS) is 10.2. The molecule has 0 aliphatic rings. The van der Waals surface area contributed by atoms with Crippen molar-refractivity contribution in [2.24, 2.45) is 0 Å². The Bertz CT molecular complexity index is 929. The van der Waals surface area contributed by atoms with Crippen molar-refractivity contribution in [3.05, 3.63) is 95.1 Å². The largest absolute Gasteiger partial charge is 0.322 e. The Labute approximate surface area is 152 Å². The Balaban J connectivity index is 1.76. The number of anilines is 2. The quantitative estimate of drug-likeness (QED) is 0.714. The molecule has 0 bridgehead atoms. The van der Waals surface area contributed by atoms with Gasteiger partial charge in [-0.15, -0.1) is 0 Å². The minimum atomic E-state index is -0.210. The van der Waals surface area contributed by atoms with E-state index in [9.17, 15) is 9.59 Å². The second kappa shape index (κ2) is 7.66. The van der Waals surface area contributed by atoms with Crippen LogP contribution in [0.4, 0.5) is 11.4 Å². The molecule has 0 saturated carbocycles. The van der Waals surface area contributed by atoms with E-state index >= 15 is 0 Å². The molecule has 3 aromatic rings. The number of nitrogens with one attached hydrogen (secondary N) is 2. The minimum absolute atomic E-state index is 0.210. The van der Waals surface area contributed by atoms with Crippen LogP contribution in [0.5, 0.6) is 0 Å². The van der Waals surface area contributed by atoms with Gasteiger partial charge in [-0.05, 0) is 55.3 Å². The molecular weight excluding hydrogens is 324 g/mol. The molecule has 3 aromatic carbocycles. The molecule has 2 amide bonds. The average molecular weight is 344 g/mol. The van der Waals surface area contributed by atoms with Crippen LogP contribution in [-0.2, 0) is 0 Å². The molecule has 0 spiro atoms. The van der Waals surface area contributed by atoms with E-state index in [0.29, 0.717) is 16.8 Å². The molecule has 4 heteroatoms. The van der Waals surface area contributed by atoms with Crippen molar-refractivity contribution in [2.45, 2.75) is 13.8 Å². The maximum atomic E-state index is 12.6. The van der Waals surface area contributed by atoms with Gasteiger partial charge in [-0.2, -0.15) is 0 Å². The predicted octanol–water partition coefficient (Wildman–Crippen LogP) is 4.81. The van der Waals surface area contributed by atoms with Crippen LogP contribution in [0, 0.1) is 13.8 Å². The Morgan fingerprint density at radius 3 is 1.92 bits per heavy atom. The van der Waals surface area contributed by atoms with Crippen molar-refractivity contribution in [1.82, 2.24) is 0 Å². The SMILES string of the molecule is Cc1cccc(C)c1NC(=O)c1cccc(NC(=O)c2ccccc2)c1. The van der Waals surface area contributed by atoms with Gasteiger partial charge in [0.1, 0.15) is 0 Å². The second-order valence-corrected chi connectivity index (χ2v) is 6.12. The van der Waals surface area contributed by atoms with Crippen molar-refractivity contribution in [1.29, 1.82) is 0 Å². The van der Waals surface area contributed by atoms with Crippen LogP contribution in [0.2, 0.25) is 0 Å². The number of amides is 2. The molecule has 0 aliphatic heterocycles. The molecule has 0 saturated heterocycles. The predicted molar refractivity (Wildman–Crippen MR) is 105 cm³/mol. The van der Waals surface area contributed by atoms with Crippen molar-refractivity contribution in [3.63, 3.8) is 0 Å². The molecule has 0 atom stereocenters. The molecular formula is C22H20N2O2. The molecule has 130 valence electrons. The van der Waals surface area contributed by atoms with Crippen molar-refractivity contribution in [2.75, 3.05) is 10.6 Å². The summed E-state index contributed by atoms with van der Waals surface area (Å²) in [5.74, 6) is -0.420. The van der Waals surface area contributed by atoms with Crippen LogP contribution in [0.3, 0.4) is 0 Å². The summed E-state index contributed by atoms with van der Waals surface area (Å²) in [7, 11) is 0. The van der Waals surface area contributed by atoms with Crippen LogP contribution < -0.4 is 10.6 Å². The van der Waals surface area contributed by atoms with Crippen molar-refractivity contribution < 1.29 is 9.59 Å². The molecule has 0 fully saturated rings. The first-order chi connectivity index (χ1) is 12.5. The monoisotopic (exact) mass is 344 g/mol. The van der Waals surface area contributed by atoms with Gasteiger partial charge in [0.15, 0.2) is 0 Å². The van der Waals surface area contributed by atoms with Gasteiger partial charge in [0.05, 0.1) is 0 Å². The summed E-state index contributed by atoms with van der Waals surface area (Å²) in [6.07, 6.45) is 0. The lowest BCUT2D eigenvalue weighted by atomic mass is 10.1. The first-order valence-corrected chi connectivity index (χ1v) is 8.38. The van der Waals surface area contributed by atoms with Gasteiger partial charge in [-0.3, -0.25) is 9.59 Å². The number of carbonyl (C=O) groups excluding carboxylic acids is 2. The fourth-order valence-electron chi connectivity index (χ4n) is 2.73. The van der Waals surface area contributed by atoms with E-state index in [-0.39, 0.29) is 11.8 Å². The third kappa shape index (κ3) is 3.98.